The lowest BCUT2D eigenvalue weighted by molar-refractivity contribution is 0.402. The van der Waals surface area contributed by atoms with Gasteiger partial charge in [0.25, 0.3) is 10.0 Å². The maximum Gasteiger partial charge on any atom is 0.261 e. The van der Waals surface area contributed by atoms with E-state index in [1.54, 1.807) is 19.1 Å². The number of nitrogens with one attached hydrogen (secondary N) is 1. The van der Waals surface area contributed by atoms with Crippen molar-refractivity contribution in [3.8, 4) is 11.1 Å². The van der Waals surface area contributed by atoms with Crippen LogP contribution in [0.1, 0.15) is 60.4 Å². The zero-order valence-electron chi connectivity index (χ0n) is 21.9. The third-order valence-corrected chi connectivity index (χ3v) is 8.16. The molecule has 6 heteroatoms. The van der Waals surface area contributed by atoms with E-state index in [1.165, 1.54) is 22.8 Å². The Hall–Kier alpha value is -2.96. The predicted molar refractivity (Wildman–Crippen MR) is 145 cm³/mol. The standard InChI is InChI=1S/C30H35FN2O2S/c1-19(2)27-15-24(23-9-12-30(31)21(4)13-23)16-28-20(3)14-25(17-29(27)28)32-36(34,35)26-10-7-22(8-11-26)18-33(5)6/h7-16,19-20,32H,17-18H2,1-6H3. The normalized spacial score (nSPS) is 15.7. The summed E-state index contributed by atoms with van der Waals surface area (Å²) < 4.78 is 43.1. The first-order valence-corrected chi connectivity index (χ1v) is 13.8. The maximum atomic E-state index is 13.9. The lowest BCUT2D eigenvalue weighted by Crippen LogP contribution is -2.27. The second-order valence-corrected chi connectivity index (χ2v) is 12.1. The summed E-state index contributed by atoms with van der Waals surface area (Å²) in [7, 11) is 0.272. The fourth-order valence-corrected chi connectivity index (χ4v) is 6.01. The van der Waals surface area contributed by atoms with Crippen molar-refractivity contribution in [2.75, 3.05) is 14.1 Å². The highest BCUT2D eigenvalue weighted by Gasteiger charge is 2.25. The van der Waals surface area contributed by atoms with E-state index in [0.717, 1.165) is 23.2 Å². The van der Waals surface area contributed by atoms with Crippen molar-refractivity contribution in [2.24, 2.45) is 0 Å². The highest BCUT2D eigenvalue weighted by molar-refractivity contribution is 7.89. The number of halogens is 1. The monoisotopic (exact) mass is 506 g/mol. The van der Waals surface area contributed by atoms with Gasteiger partial charge in [0.05, 0.1) is 4.90 Å². The summed E-state index contributed by atoms with van der Waals surface area (Å²) >= 11 is 0. The molecular formula is C30H35FN2O2S. The Balaban J connectivity index is 1.65. The molecule has 0 saturated carbocycles. The molecule has 1 unspecified atom stereocenters. The first-order valence-electron chi connectivity index (χ1n) is 12.3. The van der Waals surface area contributed by atoms with E-state index in [-0.39, 0.29) is 22.5 Å². The van der Waals surface area contributed by atoms with Crippen LogP contribution in [0.4, 0.5) is 4.39 Å². The first-order chi connectivity index (χ1) is 16.9. The Kier molecular flexibility index (Phi) is 7.39. The van der Waals surface area contributed by atoms with Crippen LogP contribution in [0.2, 0.25) is 0 Å². The minimum atomic E-state index is -3.69. The second-order valence-electron chi connectivity index (χ2n) is 10.4. The van der Waals surface area contributed by atoms with Crippen LogP contribution in [0, 0.1) is 12.7 Å². The molecule has 3 aromatic rings. The number of allylic oxidation sites excluding steroid dienone is 2. The lowest BCUT2D eigenvalue weighted by atomic mass is 9.80. The molecular weight excluding hydrogens is 471 g/mol. The van der Waals surface area contributed by atoms with Crippen LogP contribution in [0.3, 0.4) is 0 Å². The topological polar surface area (TPSA) is 49.4 Å². The molecule has 0 aromatic heterocycles. The number of hydrogen-bond donors (Lipinski definition) is 1. The maximum absolute atomic E-state index is 13.9. The molecule has 1 atom stereocenters. The Labute approximate surface area is 214 Å². The number of benzene rings is 3. The molecule has 1 N–H and O–H groups in total. The van der Waals surface area contributed by atoms with Crippen LogP contribution < -0.4 is 4.72 Å². The van der Waals surface area contributed by atoms with Gasteiger partial charge in [-0.3, -0.25) is 4.72 Å². The van der Waals surface area contributed by atoms with Gasteiger partial charge in [-0.15, -0.1) is 0 Å². The van der Waals surface area contributed by atoms with Gasteiger partial charge in [0.15, 0.2) is 0 Å². The van der Waals surface area contributed by atoms with Crippen LogP contribution in [-0.4, -0.2) is 27.4 Å². The molecule has 0 saturated heterocycles. The quantitative estimate of drug-likeness (QED) is 0.398. The summed E-state index contributed by atoms with van der Waals surface area (Å²) in [4.78, 5) is 2.30. The van der Waals surface area contributed by atoms with Gasteiger partial charge in [-0.2, -0.15) is 0 Å². The number of aryl methyl sites for hydroxylation is 1. The van der Waals surface area contributed by atoms with Gasteiger partial charge in [-0.1, -0.05) is 57.2 Å². The highest BCUT2D eigenvalue weighted by atomic mass is 32.2. The van der Waals surface area contributed by atoms with Crippen LogP contribution in [0.25, 0.3) is 11.1 Å². The van der Waals surface area contributed by atoms with E-state index in [9.17, 15) is 12.8 Å². The van der Waals surface area contributed by atoms with Crippen molar-refractivity contribution in [2.45, 2.75) is 57.4 Å². The minimum absolute atomic E-state index is 0.0351. The van der Waals surface area contributed by atoms with Crippen molar-refractivity contribution in [3.05, 3.63) is 100 Å². The van der Waals surface area contributed by atoms with E-state index in [1.807, 2.05) is 49.3 Å². The second kappa shape index (κ2) is 10.2. The van der Waals surface area contributed by atoms with E-state index >= 15 is 0 Å². The third kappa shape index (κ3) is 5.55. The summed E-state index contributed by atoms with van der Waals surface area (Å²) in [5, 5.41) is 0. The van der Waals surface area contributed by atoms with Gasteiger partial charge in [0, 0.05) is 24.6 Å². The Morgan fingerprint density at radius 2 is 1.72 bits per heavy atom. The van der Waals surface area contributed by atoms with E-state index < -0.39 is 10.0 Å². The van der Waals surface area contributed by atoms with Gasteiger partial charge in [0.1, 0.15) is 5.82 Å². The van der Waals surface area contributed by atoms with Gasteiger partial charge in [-0.05, 0) is 90.1 Å². The summed E-state index contributed by atoms with van der Waals surface area (Å²) in [6, 6.07) is 16.6. The molecule has 190 valence electrons. The molecule has 36 heavy (non-hydrogen) atoms. The van der Waals surface area contributed by atoms with Crippen LogP contribution in [0.15, 0.2) is 71.3 Å². The van der Waals surface area contributed by atoms with Crippen molar-refractivity contribution in [3.63, 3.8) is 0 Å². The minimum Gasteiger partial charge on any atom is -0.305 e. The van der Waals surface area contributed by atoms with E-state index in [4.69, 9.17) is 0 Å². The van der Waals surface area contributed by atoms with Crippen molar-refractivity contribution in [1.29, 1.82) is 0 Å². The Morgan fingerprint density at radius 3 is 2.33 bits per heavy atom. The molecule has 0 heterocycles. The molecule has 3 aromatic carbocycles. The molecule has 0 radical (unpaired) electrons. The Bertz CT molecular complexity index is 1410. The number of rotatable bonds is 7. The predicted octanol–water partition coefficient (Wildman–Crippen LogP) is 6.51. The molecule has 1 aliphatic rings. The summed E-state index contributed by atoms with van der Waals surface area (Å²) in [5.74, 6) is 0.0851. The molecule has 1 aliphatic carbocycles. The van der Waals surface area contributed by atoms with Crippen molar-refractivity contribution < 1.29 is 12.8 Å². The van der Waals surface area contributed by atoms with Crippen molar-refractivity contribution >= 4 is 10.0 Å². The van der Waals surface area contributed by atoms with Crippen LogP contribution in [0.5, 0.6) is 0 Å². The van der Waals surface area contributed by atoms with Crippen LogP contribution >= 0.6 is 0 Å². The number of hydrogen-bond acceptors (Lipinski definition) is 3. The summed E-state index contributed by atoms with van der Waals surface area (Å²) in [6.45, 7) is 8.92. The molecule has 0 bridgehead atoms. The van der Waals surface area contributed by atoms with Gasteiger partial charge in [0.2, 0.25) is 0 Å². The molecule has 4 rings (SSSR count). The van der Waals surface area contributed by atoms with Gasteiger partial charge in [-0.25, -0.2) is 12.8 Å². The molecule has 4 nitrogen and oxygen atoms in total. The fraction of sp³-hybridized carbons (Fsp3) is 0.333. The smallest absolute Gasteiger partial charge is 0.261 e. The summed E-state index contributed by atoms with van der Waals surface area (Å²) in [5.41, 5.74) is 7.97. The average molecular weight is 507 g/mol. The SMILES string of the molecule is Cc1cc(-c2cc(C(C)C)c3c(c2)C(C)C=C(NS(=O)(=O)c2ccc(CN(C)C)cc2)C3)ccc1F. The molecule has 0 spiro atoms. The van der Waals surface area contributed by atoms with Gasteiger partial charge >= 0.3 is 0 Å². The Morgan fingerprint density at radius 1 is 1.03 bits per heavy atom. The zero-order valence-corrected chi connectivity index (χ0v) is 22.7. The third-order valence-electron chi connectivity index (χ3n) is 6.74. The molecule has 0 aliphatic heterocycles. The van der Waals surface area contributed by atoms with Crippen LogP contribution in [-0.2, 0) is 23.0 Å². The van der Waals surface area contributed by atoms with Gasteiger partial charge < -0.3 is 4.90 Å². The fourth-order valence-electron chi connectivity index (χ4n) is 4.92. The first kappa shape index (κ1) is 26.1. The van der Waals surface area contributed by atoms with E-state index in [2.05, 4.69) is 37.6 Å². The zero-order chi connectivity index (χ0) is 26.2. The number of fused-ring (bicyclic) bond motifs is 1. The average Bonchev–Trinajstić information content (AvgIpc) is 2.80. The largest absolute Gasteiger partial charge is 0.305 e. The number of sulfonamides is 1. The summed E-state index contributed by atoms with van der Waals surface area (Å²) in [6.07, 6.45) is 2.53. The van der Waals surface area contributed by atoms with E-state index in [0.29, 0.717) is 17.7 Å². The highest BCUT2D eigenvalue weighted by Crippen LogP contribution is 2.38. The lowest BCUT2D eigenvalue weighted by Gasteiger charge is -2.28. The van der Waals surface area contributed by atoms with Crippen molar-refractivity contribution in [1.82, 2.24) is 9.62 Å². The number of nitrogens with zero attached hydrogens (tertiary/aromatic N) is 1. The molecule has 0 fully saturated rings. The molecule has 0 amide bonds.